The van der Waals surface area contributed by atoms with Crippen molar-refractivity contribution in [3.05, 3.63) is 53.6 Å². The lowest BCUT2D eigenvalue weighted by Gasteiger charge is -2.02. The molecule has 1 aromatic heterocycles. The van der Waals surface area contributed by atoms with Gasteiger partial charge in [0.15, 0.2) is 11.0 Å². The first-order valence-corrected chi connectivity index (χ1v) is 8.82. The molecule has 0 unspecified atom stereocenters. The van der Waals surface area contributed by atoms with Gasteiger partial charge in [0.1, 0.15) is 0 Å². The van der Waals surface area contributed by atoms with Crippen LogP contribution in [0.4, 0.5) is 0 Å². The molecule has 0 aliphatic heterocycles. The maximum atomic E-state index is 12.5. The van der Waals surface area contributed by atoms with E-state index in [1.807, 2.05) is 12.1 Å². The van der Waals surface area contributed by atoms with Crippen LogP contribution < -0.4 is 21.5 Å². The summed E-state index contributed by atoms with van der Waals surface area (Å²) in [6.07, 6.45) is 0. The van der Waals surface area contributed by atoms with Crippen molar-refractivity contribution < 1.29 is 31.1 Å². The topological polar surface area (TPSA) is 43.0 Å². The number of benzene rings is 2. The average molecular weight is 458 g/mol. The third-order valence-electron chi connectivity index (χ3n) is 3.66. The van der Waals surface area contributed by atoms with Crippen molar-refractivity contribution in [2.75, 3.05) is 11.5 Å². The molecule has 0 fully saturated rings. The zero-order valence-electron chi connectivity index (χ0n) is 12.9. The van der Waals surface area contributed by atoms with Gasteiger partial charge in [0.2, 0.25) is 0 Å². The van der Waals surface area contributed by atoms with E-state index in [9.17, 15) is 9.59 Å². The number of fused-ring (bicyclic) bond motifs is 1. The Morgan fingerprint density at radius 1 is 1.00 bits per heavy atom. The number of carbonyl (C=O) groups is 2. The van der Waals surface area contributed by atoms with Crippen molar-refractivity contribution >= 4 is 59.7 Å². The number of hydrogen-bond acceptors (Lipinski definition) is 4. The van der Waals surface area contributed by atoms with Crippen LogP contribution in [0.15, 0.2) is 48.5 Å². The monoisotopic (exact) mass is 456 g/mol. The summed E-state index contributed by atoms with van der Waals surface area (Å²) in [5.41, 5.74) is 2.01. The van der Waals surface area contributed by atoms with Gasteiger partial charge in [-0.1, -0.05) is 23.7 Å². The minimum absolute atomic E-state index is 0. The fraction of sp³-hybridized carbons (Fsp3) is 0.118. The molecule has 1 heterocycles. The summed E-state index contributed by atoms with van der Waals surface area (Å²) in [6, 6.07) is 14.3. The van der Waals surface area contributed by atoms with Crippen molar-refractivity contribution in [1.29, 1.82) is 0 Å². The number of rotatable bonds is 3. The third-order valence-corrected chi connectivity index (χ3v) is 4.45. The number of aromatic nitrogens is 2. The number of carbonyl (C=O) groups excluding carboxylic acids is 2. The normalized spacial score (nSPS) is 10.5. The molecule has 2 aromatic carbocycles. The largest absolute Gasteiger partial charge is 1.00 e. The first kappa shape index (κ1) is 20.0. The molecule has 0 aliphatic carbocycles. The lowest BCUT2D eigenvalue weighted by Crippen LogP contribution is -3.00. The molecule has 0 radical (unpaired) electrons. The fourth-order valence-electron chi connectivity index (χ4n) is 2.67. The van der Waals surface area contributed by atoms with Crippen LogP contribution in [0.3, 0.4) is 0 Å². The van der Waals surface area contributed by atoms with Crippen LogP contribution in [-0.4, -0.2) is 27.9 Å². The number of imidazole rings is 1. The summed E-state index contributed by atoms with van der Waals surface area (Å²) in [5, 5.41) is 0.578. The summed E-state index contributed by atoms with van der Waals surface area (Å²) in [6.45, 7) is 0. The average Bonchev–Trinajstić information content (AvgIpc) is 2.96. The van der Waals surface area contributed by atoms with Crippen molar-refractivity contribution in [2.45, 2.75) is 0 Å². The van der Waals surface area contributed by atoms with Crippen LogP contribution in [0.25, 0.3) is 22.4 Å². The number of nitrogens with zero attached hydrogens (tertiary/aromatic N) is 2. The number of thiol groups is 2. The standard InChI is InChI=1S/C17H13ClN2O2S2.BrH/c18-12-7-5-11(6-8-12)17-19(15(21)9-23)13-3-1-2-4-14(13)20(17)16(22)10-24;/h1-8H,9-10H2,(H-,23,24);1H. The van der Waals surface area contributed by atoms with Crippen LogP contribution in [0.2, 0.25) is 5.02 Å². The molecule has 0 amide bonds. The van der Waals surface area contributed by atoms with Gasteiger partial charge in [-0.2, -0.15) is 34.4 Å². The van der Waals surface area contributed by atoms with Gasteiger partial charge in [-0.05, 0) is 36.4 Å². The Bertz CT molecular complexity index is 889. The summed E-state index contributed by atoms with van der Waals surface area (Å²) < 4.78 is 3.04. The van der Waals surface area contributed by atoms with Gasteiger partial charge < -0.3 is 17.0 Å². The van der Waals surface area contributed by atoms with Crippen molar-refractivity contribution in [3.63, 3.8) is 0 Å². The van der Waals surface area contributed by atoms with Gasteiger partial charge in [0.25, 0.3) is 0 Å². The second-order valence-corrected chi connectivity index (χ2v) is 6.16. The highest BCUT2D eigenvalue weighted by molar-refractivity contribution is 7.81. The second-order valence-electron chi connectivity index (χ2n) is 5.09. The van der Waals surface area contributed by atoms with E-state index in [0.29, 0.717) is 27.4 Å². The predicted molar refractivity (Wildman–Crippen MR) is 102 cm³/mol. The number of hydrogen-bond donors (Lipinski definition) is 2. The summed E-state index contributed by atoms with van der Waals surface area (Å²) in [7, 11) is 0. The molecule has 25 heavy (non-hydrogen) atoms. The Kier molecular flexibility index (Phi) is 6.73. The molecule has 0 aliphatic rings. The number of para-hydroxylation sites is 2. The molecule has 0 bridgehead atoms. The molecule has 0 saturated carbocycles. The Morgan fingerprint density at radius 3 is 2.24 bits per heavy atom. The zero-order chi connectivity index (χ0) is 17.3. The summed E-state index contributed by atoms with van der Waals surface area (Å²) in [4.78, 5) is 25.1. The molecule has 0 spiro atoms. The second kappa shape index (κ2) is 8.40. The van der Waals surface area contributed by atoms with E-state index in [4.69, 9.17) is 11.6 Å². The van der Waals surface area contributed by atoms with Crippen LogP contribution in [0.5, 0.6) is 0 Å². The maximum absolute atomic E-state index is 12.5. The van der Waals surface area contributed by atoms with E-state index in [1.54, 1.807) is 36.4 Å². The van der Waals surface area contributed by atoms with Gasteiger partial charge in [-0.3, -0.25) is 0 Å². The Balaban J connectivity index is 0.00000225. The lowest BCUT2D eigenvalue weighted by molar-refractivity contribution is -0.532. The molecule has 3 rings (SSSR count). The van der Waals surface area contributed by atoms with E-state index in [-0.39, 0.29) is 40.3 Å². The molecule has 4 nitrogen and oxygen atoms in total. The molecule has 130 valence electrons. The van der Waals surface area contributed by atoms with E-state index < -0.39 is 0 Å². The Hall–Kier alpha value is -1.28. The predicted octanol–water partition coefficient (Wildman–Crippen LogP) is 0.393. The third kappa shape index (κ3) is 3.65. The van der Waals surface area contributed by atoms with Crippen LogP contribution in [-0.2, 0) is 0 Å². The minimum atomic E-state index is -0.217. The van der Waals surface area contributed by atoms with Crippen molar-refractivity contribution in [1.82, 2.24) is 4.57 Å². The van der Waals surface area contributed by atoms with Gasteiger partial charge in [-0.25, -0.2) is 9.59 Å². The highest BCUT2D eigenvalue weighted by atomic mass is 79.9. The zero-order valence-corrected chi connectivity index (χ0v) is 17.0. The Morgan fingerprint density at radius 2 is 1.64 bits per heavy atom. The molecular formula is C17H14BrClN2O2S2. The van der Waals surface area contributed by atoms with Crippen LogP contribution in [0, 0.1) is 0 Å². The highest BCUT2D eigenvalue weighted by Crippen LogP contribution is 2.25. The molecule has 8 heteroatoms. The molecule has 0 N–H and O–H groups in total. The van der Waals surface area contributed by atoms with E-state index >= 15 is 0 Å². The molecule has 3 aromatic rings. The van der Waals surface area contributed by atoms with Gasteiger partial charge in [0, 0.05) is 5.02 Å². The highest BCUT2D eigenvalue weighted by Gasteiger charge is 2.33. The quantitative estimate of drug-likeness (QED) is 0.441. The van der Waals surface area contributed by atoms with Crippen molar-refractivity contribution in [3.8, 4) is 11.4 Å². The molecule has 0 saturated heterocycles. The van der Waals surface area contributed by atoms with Gasteiger partial charge in [0.05, 0.1) is 17.1 Å². The van der Waals surface area contributed by atoms with Crippen LogP contribution >= 0.6 is 36.9 Å². The smallest absolute Gasteiger partial charge is 0.324 e. The number of halogens is 2. The van der Waals surface area contributed by atoms with E-state index in [0.717, 1.165) is 0 Å². The van der Waals surface area contributed by atoms with Crippen molar-refractivity contribution in [2.24, 2.45) is 0 Å². The summed E-state index contributed by atoms with van der Waals surface area (Å²) in [5.74, 6) is 0.0872. The van der Waals surface area contributed by atoms with Gasteiger partial charge in [-0.15, -0.1) is 0 Å². The van der Waals surface area contributed by atoms with E-state index in [2.05, 4.69) is 25.3 Å². The SMILES string of the molecule is O=C(CS)n1c(-c2ccc(Cl)cc2)[n+](C(=O)CS)c2ccccc21.[Br-]. The maximum Gasteiger partial charge on any atom is 0.324 e. The fourth-order valence-corrected chi connectivity index (χ4v) is 3.08. The van der Waals surface area contributed by atoms with Crippen LogP contribution in [0.1, 0.15) is 9.59 Å². The first-order chi connectivity index (χ1) is 11.6. The minimum Gasteiger partial charge on any atom is -1.00 e. The van der Waals surface area contributed by atoms with E-state index in [1.165, 1.54) is 9.13 Å². The molecular weight excluding hydrogens is 444 g/mol. The first-order valence-electron chi connectivity index (χ1n) is 7.18. The lowest BCUT2D eigenvalue weighted by atomic mass is 10.2. The molecule has 0 atom stereocenters. The Labute approximate surface area is 171 Å². The summed E-state index contributed by atoms with van der Waals surface area (Å²) >= 11 is 14.2. The van der Waals surface area contributed by atoms with Gasteiger partial charge >= 0.3 is 17.6 Å².